The fourth-order valence-electron chi connectivity index (χ4n) is 1.80. The second-order valence-electron chi connectivity index (χ2n) is 4.65. The zero-order valence-electron chi connectivity index (χ0n) is 11.8. The van der Waals surface area contributed by atoms with Crippen molar-refractivity contribution in [3.8, 4) is 0 Å². The zero-order chi connectivity index (χ0) is 14.8. The normalized spacial score (nSPS) is 10.1. The quantitative estimate of drug-likeness (QED) is 0.636. The first-order valence-corrected chi connectivity index (χ1v) is 6.90. The molecule has 0 heterocycles. The van der Waals surface area contributed by atoms with Crippen LogP contribution in [0.3, 0.4) is 0 Å². The van der Waals surface area contributed by atoms with Gasteiger partial charge >= 0.3 is 0 Å². The molecule has 20 heavy (non-hydrogen) atoms. The molecule has 1 aromatic carbocycles. The Balaban J connectivity index is 2.30. The van der Waals surface area contributed by atoms with Crippen LogP contribution >= 0.6 is 0 Å². The third-order valence-electron chi connectivity index (χ3n) is 2.84. The first kappa shape index (κ1) is 16.2. The van der Waals surface area contributed by atoms with Crippen LogP contribution in [0.15, 0.2) is 24.3 Å². The number of aliphatic hydroxyl groups excluding tert-OH is 1. The molecule has 0 aliphatic rings. The summed E-state index contributed by atoms with van der Waals surface area (Å²) in [5.74, 6) is -0.244. The lowest BCUT2D eigenvalue weighted by molar-refractivity contribution is -0.114. The molecule has 0 fully saturated rings. The molecular formula is C15H22N2O3. The van der Waals surface area contributed by atoms with E-state index in [4.69, 9.17) is 5.11 Å². The monoisotopic (exact) mass is 278 g/mol. The van der Waals surface area contributed by atoms with E-state index in [1.165, 1.54) is 6.92 Å². The third-order valence-corrected chi connectivity index (χ3v) is 2.84. The van der Waals surface area contributed by atoms with Crippen molar-refractivity contribution in [3.63, 3.8) is 0 Å². The topological polar surface area (TPSA) is 78.4 Å². The summed E-state index contributed by atoms with van der Waals surface area (Å²) in [4.78, 5) is 22.7. The number of rotatable bonds is 8. The predicted octanol–water partition coefficient (Wildman–Crippen LogP) is 1.93. The average molecular weight is 278 g/mol. The summed E-state index contributed by atoms with van der Waals surface area (Å²) in [6.45, 7) is 2.31. The van der Waals surface area contributed by atoms with Gasteiger partial charge < -0.3 is 15.7 Å². The molecule has 0 spiro atoms. The van der Waals surface area contributed by atoms with Gasteiger partial charge in [-0.3, -0.25) is 9.59 Å². The lowest BCUT2D eigenvalue weighted by atomic mass is 10.1. The van der Waals surface area contributed by atoms with Crippen LogP contribution in [-0.2, 0) is 4.79 Å². The Hall–Kier alpha value is -1.88. The fourth-order valence-corrected chi connectivity index (χ4v) is 1.80. The summed E-state index contributed by atoms with van der Waals surface area (Å²) in [5, 5.41) is 14.1. The summed E-state index contributed by atoms with van der Waals surface area (Å²) in [5.41, 5.74) is 1.26. The molecule has 0 bridgehead atoms. The van der Waals surface area contributed by atoms with Crippen molar-refractivity contribution in [2.45, 2.75) is 32.6 Å². The summed E-state index contributed by atoms with van der Waals surface area (Å²) < 4.78 is 0. The average Bonchev–Trinajstić information content (AvgIpc) is 2.42. The second kappa shape index (κ2) is 9.09. The molecule has 1 aromatic rings. The van der Waals surface area contributed by atoms with Crippen LogP contribution in [0.4, 0.5) is 5.69 Å². The number of hydrogen-bond donors (Lipinski definition) is 3. The van der Waals surface area contributed by atoms with E-state index in [0.717, 1.165) is 25.7 Å². The van der Waals surface area contributed by atoms with Crippen LogP contribution in [0.2, 0.25) is 0 Å². The highest BCUT2D eigenvalue weighted by molar-refractivity contribution is 5.95. The number of aliphatic hydroxyl groups is 1. The molecule has 1 rings (SSSR count). The second-order valence-corrected chi connectivity index (χ2v) is 4.65. The molecule has 0 aromatic heterocycles. The Kier molecular flexibility index (Phi) is 7.35. The van der Waals surface area contributed by atoms with Crippen LogP contribution in [0.5, 0.6) is 0 Å². The van der Waals surface area contributed by atoms with Gasteiger partial charge in [-0.15, -0.1) is 0 Å². The number of nitrogens with one attached hydrogen (secondary N) is 2. The molecule has 0 aliphatic heterocycles. The van der Waals surface area contributed by atoms with Crippen molar-refractivity contribution >= 4 is 17.5 Å². The largest absolute Gasteiger partial charge is 0.396 e. The molecule has 3 N–H and O–H groups in total. The minimum atomic E-state index is -0.134. The van der Waals surface area contributed by atoms with E-state index >= 15 is 0 Å². The first-order valence-electron chi connectivity index (χ1n) is 6.90. The van der Waals surface area contributed by atoms with Gasteiger partial charge in [-0.1, -0.05) is 12.8 Å². The first-order chi connectivity index (χ1) is 9.63. The molecule has 0 saturated heterocycles. The Morgan fingerprint density at radius 2 is 1.70 bits per heavy atom. The molecule has 110 valence electrons. The van der Waals surface area contributed by atoms with Gasteiger partial charge in [0.15, 0.2) is 0 Å². The summed E-state index contributed by atoms with van der Waals surface area (Å²) >= 11 is 0. The SMILES string of the molecule is CC(=O)Nc1ccc(C(=O)NCCCCCCO)cc1. The van der Waals surface area contributed by atoms with E-state index in [-0.39, 0.29) is 18.4 Å². The number of hydrogen-bond acceptors (Lipinski definition) is 3. The molecule has 2 amide bonds. The minimum absolute atomic E-state index is 0.110. The van der Waals surface area contributed by atoms with Crippen LogP contribution in [-0.4, -0.2) is 30.1 Å². The number of unbranched alkanes of at least 4 members (excludes halogenated alkanes) is 3. The van der Waals surface area contributed by atoms with Crippen LogP contribution < -0.4 is 10.6 Å². The lowest BCUT2D eigenvalue weighted by Gasteiger charge is -2.06. The Bertz CT molecular complexity index is 429. The number of carbonyl (C=O) groups excluding carboxylic acids is 2. The van der Waals surface area contributed by atoms with Crippen molar-refractivity contribution in [1.82, 2.24) is 5.32 Å². The van der Waals surface area contributed by atoms with Crippen molar-refractivity contribution in [2.24, 2.45) is 0 Å². The Labute approximate surface area is 119 Å². The van der Waals surface area contributed by atoms with Crippen LogP contribution in [0.25, 0.3) is 0 Å². The Morgan fingerprint density at radius 1 is 1.05 bits per heavy atom. The minimum Gasteiger partial charge on any atom is -0.396 e. The third kappa shape index (κ3) is 6.33. The standard InChI is InChI=1S/C15H22N2O3/c1-12(19)17-14-8-6-13(7-9-14)15(20)16-10-4-2-3-5-11-18/h6-9,18H,2-5,10-11H2,1H3,(H,16,20)(H,17,19). The molecule has 0 unspecified atom stereocenters. The van der Waals surface area contributed by atoms with Gasteiger partial charge in [-0.25, -0.2) is 0 Å². The highest BCUT2D eigenvalue weighted by Crippen LogP contribution is 2.09. The summed E-state index contributed by atoms with van der Waals surface area (Å²) in [6.07, 6.45) is 3.72. The molecule has 5 heteroatoms. The van der Waals surface area contributed by atoms with Gasteiger partial charge in [0, 0.05) is 31.3 Å². The number of benzene rings is 1. The zero-order valence-corrected chi connectivity index (χ0v) is 11.8. The molecule has 0 saturated carbocycles. The lowest BCUT2D eigenvalue weighted by Crippen LogP contribution is -2.24. The van der Waals surface area contributed by atoms with E-state index in [2.05, 4.69) is 10.6 Å². The predicted molar refractivity (Wildman–Crippen MR) is 78.6 cm³/mol. The maximum Gasteiger partial charge on any atom is 0.251 e. The van der Waals surface area contributed by atoms with E-state index < -0.39 is 0 Å². The van der Waals surface area contributed by atoms with Gasteiger partial charge in [0.1, 0.15) is 0 Å². The number of anilines is 1. The van der Waals surface area contributed by atoms with E-state index in [1.807, 2.05) is 0 Å². The molecule has 0 atom stereocenters. The van der Waals surface area contributed by atoms with E-state index in [9.17, 15) is 9.59 Å². The Morgan fingerprint density at radius 3 is 2.30 bits per heavy atom. The van der Waals surface area contributed by atoms with Gasteiger partial charge in [0.05, 0.1) is 0 Å². The van der Waals surface area contributed by atoms with Crippen molar-refractivity contribution < 1.29 is 14.7 Å². The maximum atomic E-state index is 11.8. The fraction of sp³-hybridized carbons (Fsp3) is 0.467. The molecule has 0 radical (unpaired) electrons. The molecule has 5 nitrogen and oxygen atoms in total. The van der Waals surface area contributed by atoms with Gasteiger partial charge in [-0.05, 0) is 37.1 Å². The molecular weight excluding hydrogens is 256 g/mol. The van der Waals surface area contributed by atoms with E-state index in [1.54, 1.807) is 24.3 Å². The number of amides is 2. The van der Waals surface area contributed by atoms with Crippen molar-refractivity contribution in [3.05, 3.63) is 29.8 Å². The van der Waals surface area contributed by atoms with Gasteiger partial charge in [-0.2, -0.15) is 0 Å². The summed E-state index contributed by atoms with van der Waals surface area (Å²) in [6, 6.07) is 6.79. The van der Waals surface area contributed by atoms with Crippen molar-refractivity contribution in [1.29, 1.82) is 0 Å². The highest BCUT2D eigenvalue weighted by Gasteiger charge is 2.04. The van der Waals surface area contributed by atoms with Gasteiger partial charge in [0.2, 0.25) is 5.91 Å². The van der Waals surface area contributed by atoms with Crippen molar-refractivity contribution in [2.75, 3.05) is 18.5 Å². The number of carbonyl (C=O) groups is 2. The van der Waals surface area contributed by atoms with Crippen LogP contribution in [0.1, 0.15) is 43.0 Å². The summed E-state index contributed by atoms with van der Waals surface area (Å²) in [7, 11) is 0. The van der Waals surface area contributed by atoms with Gasteiger partial charge in [0.25, 0.3) is 5.91 Å². The smallest absolute Gasteiger partial charge is 0.251 e. The maximum absolute atomic E-state index is 11.8. The molecule has 0 aliphatic carbocycles. The van der Waals surface area contributed by atoms with Crippen LogP contribution in [0, 0.1) is 0 Å². The highest BCUT2D eigenvalue weighted by atomic mass is 16.2. The van der Waals surface area contributed by atoms with E-state index in [0.29, 0.717) is 17.8 Å².